The van der Waals surface area contributed by atoms with Gasteiger partial charge in [-0.15, -0.1) is 22.7 Å². The second-order valence-corrected chi connectivity index (χ2v) is 13.7. The SMILES string of the molecule is c1cc2c3c(c1)-c1cccc4c1c(cc1sc5ccccc5c14)B3c1cc3sc4ccccc4c3c3cccc-2c13. The van der Waals surface area contributed by atoms with Gasteiger partial charge < -0.3 is 0 Å². The van der Waals surface area contributed by atoms with E-state index in [1.807, 2.05) is 22.7 Å². The van der Waals surface area contributed by atoms with Crippen molar-refractivity contribution in [3.8, 4) is 22.3 Å². The van der Waals surface area contributed by atoms with E-state index in [2.05, 4.69) is 115 Å². The summed E-state index contributed by atoms with van der Waals surface area (Å²) in [5, 5.41) is 11.2. The molecule has 0 spiro atoms. The van der Waals surface area contributed by atoms with Gasteiger partial charge in [0.2, 0.25) is 6.71 Å². The van der Waals surface area contributed by atoms with Gasteiger partial charge in [0.15, 0.2) is 0 Å². The van der Waals surface area contributed by atoms with Crippen LogP contribution < -0.4 is 16.4 Å². The molecule has 186 valence electrons. The molecule has 3 heteroatoms. The molecule has 0 fully saturated rings. The number of fused-ring (bicyclic) bond motifs is 12. The monoisotopic (exact) mass is 550 g/mol. The summed E-state index contributed by atoms with van der Waals surface area (Å²) in [7, 11) is 0. The number of benzene rings is 7. The fourth-order valence-corrected chi connectivity index (χ4v) is 10.5. The topological polar surface area (TPSA) is 0 Å². The van der Waals surface area contributed by atoms with Gasteiger partial charge in [0, 0.05) is 40.3 Å². The Bertz CT molecular complexity index is 2470. The number of hydrogen-bond acceptors (Lipinski definition) is 2. The average Bonchev–Trinajstić information content (AvgIpc) is 3.59. The lowest BCUT2D eigenvalue weighted by molar-refractivity contribution is 1.64. The van der Waals surface area contributed by atoms with E-state index in [-0.39, 0.29) is 6.71 Å². The lowest BCUT2D eigenvalue weighted by Gasteiger charge is -2.34. The Morgan fingerprint density at radius 3 is 1.34 bits per heavy atom. The molecule has 11 rings (SSSR count). The zero-order valence-corrected chi connectivity index (χ0v) is 23.5. The highest BCUT2D eigenvalue weighted by molar-refractivity contribution is 7.26. The summed E-state index contributed by atoms with van der Waals surface area (Å²) in [4.78, 5) is 0. The van der Waals surface area contributed by atoms with Crippen molar-refractivity contribution >= 4 is 108 Å². The van der Waals surface area contributed by atoms with Gasteiger partial charge in [-0.25, -0.2) is 0 Å². The Balaban J connectivity index is 1.38. The minimum atomic E-state index is 0.209. The number of rotatable bonds is 0. The standard InChI is InChI=1S/C38H19BS2/c1-3-16-30-24(8-1)36-26-14-5-10-20-22-12-7-13-23-21-11-6-15-27-35(21)29(19-33-37(27)25-9-2-4-17-31(25)41-33)39(38(22)23)28(34(20)26)18-32(36)40-30/h1-19H. The molecule has 0 aliphatic carbocycles. The molecule has 41 heavy (non-hydrogen) atoms. The average molecular weight is 551 g/mol. The number of thiophene rings is 2. The maximum absolute atomic E-state index is 2.55. The van der Waals surface area contributed by atoms with Crippen molar-refractivity contribution in [1.29, 1.82) is 0 Å². The third-order valence-corrected chi connectivity index (χ3v) is 11.9. The van der Waals surface area contributed by atoms with E-state index >= 15 is 0 Å². The Labute approximate surface area is 244 Å². The Morgan fingerprint density at radius 1 is 0.366 bits per heavy atom. The predicted molar refractivity (Wildman–Crippen MR) is 183 cm³/mol. The molecule has 0 amide bonds. The smallest absolute Gasteiger partial charge is 0.135 e. The van der Waals surface area contributed by atoms with Crippen LogP contribution in [-0.2, 0) is 0 Å². The first-order valence-electron chi connectivity index (χ1n) is 14.2. The van der Waals surface area contributed by atoms with E-state index in [1.54, 1.807) is 0 Å². The van der Waals surface area contributed by atoms with Crippen LogP contribution in [0.5, 0.6) is 0 Å². The lowest BCUT2D eigenvalue weighted by atomic mass is 9.31. The van der Waals surface area contributed by atoms with Gasteiger partial charge in [0.1, 0.15) is 0 Å². The normalized spacial score (nSPS) is 13.3. The van der Waals surface area contributed by atoms with Crippen molar-refractivity contribution in [2.45, 2.75) is 0 Å². The van der Waals surface area contributed by atoms with E-state index in [4.69, 9.17) is 0 Å². The van der Waals surface area contributed by atoms with Crippen molar-refractivity contribution in [2.24, 2.45) is 0 Å². The molecule has 0 nitrogen and oxygen atoms in total. The molecular weight excluding hydrogens is 531 g/mol. The molecule has 0 N–H and O–H groups in total. The first kappa shape index (κ1) is 21.3. The highest BCUT2D eigenvalue weighted by Crippen LogP contribution is 2.46. The van der Waals surface area contributed by atoms with Crippen molar-refractivity contribution in [2.75, 3.05) is 0 Å². The minimum absolute atomic E-state index is 0.209. The van der Waals surface area contributed by atoms with Crippen LogP contribution in [0.3, 0.4) is 0 Å². The van der Waals surface area contributed by atoms with Crippen LogP contribution in [0.1, 0.15) is 0 Å². The van der Waals surface area contributed by atoms with Crippen molar-refractivity contribution in [3.63, 3.8) is 0 Å². The highest BCUT2D eigenvalue weighted by Gasteiger charge is 2.39. The Morgan fingerprint density at radius 2 is 0.805 bits per heavy atom. The van der Waals surface area contributed by atoms with E-state index in [0.717, 1.165) is 0 Å². The van der Waals surface area contributed by atoms with Gasteiger partial charge in [-0.05, 0) is 68.1 Å². The van der Waals surface area contributed by atoms with Crippen LogP contribution in [0, 0.1) is 0 Å². The Kier molecular flexibility index (Phi) is 3.77. The molecule has 0 unspecified atom stereocenters. The van der Waals surface area contributed by atoms with Crippen LogP contribution in [0.25, 0.3) is 84.1 Å². The summed E-state index contributed by atoms with van der Waals surface area (Å²) < 4.78 is 5.52. The van der Waals surface area contributed by atoms with Gasteiger partial charge in [0.05, 0.1) is 0 Å². The van der Waals surface area contributed by atoms with Gasteiger partial charge in [-0.1, -0.05) is 107 Å². The summed E-state index contributed by atoms with van der Waals surface area (Å²) in [6.45, 7) is 0.209. The predicted octanol–water partition coefficient (Wildman–Crippen LogP) is 9.21. The van der Waals surface area contributed by atoms with Gasteiger partial charge in [-0.2, -0.15) is 0 Å². The van der Waals surface area contributed by atoms with Crippen LogP contribution in [0.15, 0.2) is 115 Å². The number of hydrogen-bond donors (Lipinski definition) is 0. The fraction of sp³-hybridized carbons (Fsp3) is 0. The Hall–Kier alpha value is -4.44. The van der Waals surface area contributed by atoms with Crippen LogP contribution >= 0.6 is 22.7 Å². The van der Waals surface area contributed by atoms with E-state index in [0.29, 0.717) is 0 Å². The molecule has 2 aromatic heterocycles. The first-order chi connectivity index (χ1) is 20.3. The van der Waals surface area contributed by atoms with Crippen molar-refractivity contribution in [3.05, 3.63) is 115 Å². The van der Waals surface area contributed by atoms with Gasteiger partial charge in [0.25, 0.3) is 0 Å². The molecule has 0 bridgehead atoms. The lowest BCUT2D eigenvalue weighted by Crippen LogP contribution is -2.57. The molecule has 0 radical (unpaired) electrons. The third-order valence-electron chi connectivity index (χ3n) is 9.66. The molecule has 2 aliphatic rings. The summed E-state index contributed by atoms with van der Waals surface area (Å²) >= 11 is 3.88. The van der Waals surface area contributed by atoms with E-state index < -0.39 is 0 Å². The largest absolute Gasteiger partial charge is 0.244 e. The van der Waals surface area contributed by atoms with E-state index in [1.165, 1.54) is 101 Å². The third kappa shape index (κ3) is 2.46. The molecule has 0 saturated heterocycles. The van der Waals surface area contributed by atoms with Crippen molar-refractivity contribution in [1.82, 2.24) is 0 Å². The zero-order valence-electron chi connectivity index (χ0n) is 21.9. The molecular formula is C38H19BS2. The van der Waals surface area contributed by atoms with E-state index in [9.17, 15) is 0 Å². The molecule has 2 aliphatic heterocycles. The molecule has 0 atom stereocenters. The van der Waals surface area contributed by atoms with Crippen LogP contribution in [-0.4, -0.2) is 6.71 Å². The van der Waals surface area contributed by atoms with Crippen LogP contribution in [0.4, 0.5) is 0 Å². The summed E-state index contributed by atoms with van der Waals surface area (Å²) in [5.41, 5.74) is 9.94. The maximum Gasteiger partial charge on any atom is 0.244 e. The molecule has 7 aromatic carbocycles. The fourth-order valence-electron chi connectivity index (χ4n) is 8.19. The van der Waals surface area contributed by atoms with Crippen molar-refractivity contribution < 1.29 is 0 Å². The summed E-state index contributed by atoms with van der Waals surface area (Å²) in [5.74, 6) is 0. The van der Waals surface area contributed by atoms with Gasteiger partial charge in [-0.3, -0.25) is 0 Å². The summed E-state index contributed by atoms with van der Waals surface area (Å²) in [6.07, 6.45) is 0. The molecule has 4 heterocycles. The summed E-state index contributed by atoms with van der Waals surface area (Å²) in [6, 6.07) is 43.9. The highest BCUT2D eigenvalue weighted by atomic mass is 32.1. The zero-order chi connectivity index (χ0) is 26.4. The molecule has 9 aromatic rings. The maximum atomic E-state index is 2.55. The second-order valence-electron chi connectivity index (χ2n) is 11.5. The minimum Gasteiger partial charge on any atom is -0.135 e. The second kappa shape index (κ2) is 7.25. The van der Waals surface area contributed by atoms with Crippen LogP contribution in [0.2, 0.25) is 0 Å². The first-order valence-corrected chi connectivity index (χ1v) is 15.9. The molecule has 0 saturated carbocycles. The quantitative estimate of drug-likeness (QED) is 0.165. The van der Waals surface area contributed by atoms with Gasteiger partial charge >= 0.3 is 0 Å².